The standard InChI is InChI=1S/C18H24N/c1-6-15-11-18(16-10-8-7-9-14(16)4)19(5)12-17(15)13(2)3/h7-13H,6H2,1-5H3/q+1. The maximum absolute atomic E-state index is 2.36. The van der Waals surface area contributed by atoms with E-state index >= 15 is 0 Å². The molecular weight excluding hydrogens is 230 g/mol. The van der Waals surface area contributed by atoms with E-state index in [9.17, 15) is 0 Å². The molecule has 0 atom stereocenters. The molecule has 0 spiro atoms. The summed E-state index contributed by atoms with van der Waals surface area (Å²) in [6.07, 6.45) is 3.39. The molecule has 0 saturated heterocycles. The number of nitrogens with zero attached hydrogens (tertiary/aromatic N) is 1. The van der Waals surface area contributed by atoms with Crippen LogP contribution >= 0.6 is 0 Å². The second-order valence-corrected chi connectivity index (χ2v) is 5.57. The summed E-state index contributed by atoms with van der Waals surface area (Å²) < 4.78 is 2.26. The van der Waals surface area contributed by atoms with Crippen molar-refractivity contribution in [2.45, 2.75) is 40.0 Å². The Balaban J connectivity index is 2.63. The molecular formula is C18H24N+. The summed E-state index contributed by atoms with van der Waals surface area (Å²) >= 11 is 0. The van der Waals surface area contributed by atoms with Gasteiger partial charge in [-0.25, -0.2) is 4.57 Å². The van der Waals surface area contributed by atoms with E-state index in [0.29, 0.717) is 5.92 Å². The third-order valence-electron chi connectivity index (χ3n) is 3.82. The normalized spacial score (nSPS) is 11.1. The minimum atomic E-state index is 0.576. The third kappa shape index (κ3) is 2.70. The number of rotatable bonds is 3. The fraction of sp³-hybridized carbons (Fsp3) is 0.389. The van der Waals surface area contributed by atoms with Gasteiger partial charge in [0.2, 0.25) is 5.69 Å². The van der Waals surface area contributed by atoms with Gasteiger partial charge in [0, 0.05) is 17.2 Å². The molecule has 19 heavy (non-hydrogen) atoms. The molecule has 0 bridgehead atoms. The van der Waals surface area contributed by atoms with Crippen LogP contribution in [-0.2, 0) is 13.5 Å². The number of benzene rings is 1. The lowest BCUT2D eigenvalue weighted by Crippen LogP contribution is -2.32. The molecule has 1 heteroatoms. The van der Waals surface area contributed by atoms with Crippen LogP contribution in [-0.4, -0.2) is 0 Å². The van der Waals surface area contributed by atoms with Crippen molar-refractivity contribution in [1.82, 2.24) is 0 Å². The van der Waals surface area contributed by atoms with Crippen molar-refractivity contribution in [3.8, 4) is 11.3 Å². The Bertz CT molecular complexity index is 582. The number of aromatic nitrogens is 1. The summed E-state index contributed by atoms with van der Waals surface area (Å²) in [5.41, 5.74) is 6.89. The number of pyridine rings is 1. The van der Waals surface area contributed by atoms with E-state index in [0.717, 1.165) is 6.42 Å². The molecule has 0 amide bonds. The van der Waals surface area contributed by atoms with Gasteiger partial charge in [0.1, 0.15) is 7.05 Å². The van der Waals surface area contributed by atoms with E-state index in [1.807, 2.05) is 0 Å². The summed E-state index contributed by atoms with van der Waals surface area (Å²) in [7, 11) is 2.15. The van der Waals surface area contributed by atoms with Gasteiger partial charge in [0.05, 0.1) is 0 Å². The number of hydrogen-bond acceptors (Lipinski definition) is 0. The van der Waals surface area contributed by atoms with Gasteiger partial charge >= 0.3 is 0 Å². The van der Waals surface area contributed by atoms with Crippen LogP contribution < -0.4 is 4.57 Å². The fourth-order valence-corrected chi connectivity index (χ4v) is 2.67. The quantitative estimate of drug-likeness (QED) is 0.724. The van der Waals surface area contributed by atoms with Crippen LogP contribution in [0.4, 0.5) is 0 Å². The van der Waals surface area contributed by atoms with E-state index in [-0.39, 0.29) is 0 Å². The summed E-state index contributed by atoms with van der Waals surface area (Å²) in [5.74, 6) is 0.576. The van der Waals surface area contributed by atoms with Crippen LogP contribution in [0.5, 0.6) is 0 Å². The van der Waals surface area contributed by atoms with Gasteiger partial charge in [0.25, 0.3) is 0 Å². The Morgan fingerprint density at radius 2 is 1.84 bits per heavy atom. The van der Waals surface area contributed by atoms with Crippen LogP contribution in [0, 0.1) is 6.92 Å². The molecule has 2 aromatic rings. The second kappa shape index (κ2) is 5.56. The molecule has 0 aliphatic rings. The molecule has 0 aliphatic heterocycles. The van der Waals surface area contributed by atoms with Crippen LogP contribution in [0.2, 0.25) is 0 Å². The molecule has 2 rings (SSSR count). The monoisotopic (exact) mass is 254 g/mol. The first-order chi connectivity index (χ1) is 9.04. The molecule has 0 N–H and O–H groups in total. The fourth-order valence-electron chi connectivity index (χ4n) is 2.67. The molecule has 1 nitrogen and oxygen atoms in total. The third-order valence-corrected chi connectivity index (χ3v) is 3.82. The molecule has 0 fully saturated rings. The van der Waals surface area contributed by atoms with Gasteiger partial charge in [-0.2, -0.15) is 0 Å². The predicted octanol–water partition coefficient (Wildman–Crippen LogP) is 4.17. The lowest BCUT2D eigenvalue weighted by atomic mass is 9.95. The van der Waals surface area contributed by atoms with Crippen LogP contribution in [0.25, 0.3) is 11.3 Å². The van der Waals surface area contributed by atoms with Gasteiger partial charge in [-0.15, -0.1) is 0 Å². The van der Waals surface area contributed by atoms with E-state index in [1.54, 1.807) is 0 Å². The Morgan fingerprint density at radius 3 is 2.42 bits per heavy atom. The average molecular weight is 254 g/mol. The van der Waals surface area contributed by atoms with Crippen molar-refractivity contribution in [1.29, 1.82) is 0 Å². The molecule has 0 aliphatic carbocycles. The SMILES string of the molecule is CCc1cc(-c2ccccc2C)[n+](C)cc1C(C)C. The van der Waals surface area contributed by atoms with Gasteiger partial charge < -0.3 is 0 Å². The van der Waals surface area contributed by atoms with Crippen LogP contribution in [0.3, 0.4) is 0 Å². The minimum Gasteiger partial charge on any atom is -0.201 e. The van der Waals surface area contributed by atoms with Crippen molar-refractivity contribution in [2.75, 3.05) is 0 Å². The van der Waals surface area contributed by atoms with E-state index in [4.69, 9.17) is 0 Å². The highest BCUT2D eigenvalue weighted by molar-refractivity contribution is 5.61. The highest BCUT2D eigenvalue weighted by atomic mass is 14.9. The predicted molar refractivity (Wildman–Crippen MR) is 81.3 cm³/mol. The lowest BCUT2D eigenvalue weighted by molar-refractivity contribution is -0.661. The average Bonchev–Trinajstić information content (AvgIpc) is 2.39. The number of aryl methyl sites for hydroxylation is 3. The summed E-state index contributed by atoms with van der Waals surface area (Å²) in [6.45, 7) is 8.95. The van der Waals surface area contributed by atoms with Crippen molar-refractivity contribution < 1.29 is 4.57 Å². The first kappa shape index (κ1) is 13.8. The maximum atomic E-state index is 2.36. The summed E-state index contributed by atoms with van der Waals surface area (Å²) in [4.78, 5) is 0. The maximum Gasteiger partial charge on any atom is 0.212 e. The zero-order chi connectivity index (χ0) is 14.0. The van der Waals surface area contributed by atoms with Gasteiger partial charge in [-0.05, 0) is 36.5 Å². The zero-order valence-corrected chi connectivity index (χ0v) is 12.7. The minimum absolute atomic E-state index is 0.576. The molecule has 0 unspecified atom stereocenters. The highest BCUT2D eigenvalue weighted by Crippen LogP contribution is 2.25. The largest absolute Gasteiger partial charge is 0.212 e. The molecule has 100 valence electrons. The molecule has 1 aromatic heterocycles. The van der Waals surface area contributed by atoms with Crippen LogP contribution in [0.15, 0.2) is 36.5 Å². The van der Waals surface area contributed by atoms with E-state index < -0.39 is 0 Å². The van der Waals surface area contributed by atoms with Gasteiger partial charge in [-0.1, -0.05) is 39.0 Å². The highest BCUT2D eigenvalue weighted by Gasteiger charge is 2.17. The smallest absolute Gasteiger partial charge is 0.201 e. The Hall–Kier alpha value is -1.63. The lowest BCUT2D eigenvalue weighted by Gasteiger charge is -2.12. The van der Waals surface area contributed by atoms with Crippen molar-refractivity contribution >= 4 is 0 Å². The molecule has 0 radical (unpaired) electrons. The van der Waals surface area contributed by atoms with Gasteiger partial charge in [-0.3, -0.25) is 0 Å². The Kier molecular flexibility index (Phi) is 4.04. The Labute approximate surface area is 116 Å². The van der Waals surface area contributed by atoms with E-state index in [2.05, 4.69) is 75.8 Å². The van der Waals surface area contributed by atoms with Crippen molar-refractivity contribution in [2.24, 2.45) is 7.05 Å². The van der Waals surface area contributed by atoms with E-state index in [1.165, 1.54) is 27.9 Å². The van der Waals surface area contributed by atoms with Gasteiger partial charge in [0.15, 0.2) is 6.20 Å². The first-order valence-corrected chi connectivity index (χ1v) is 7.13. The Morgan fingerprint density at radius 1 is 1.16 bits per heavy atom. The van der Waals surface area contributed by atoms with Crippen molar-refractivity contribution in [3.63, 3.8) is 0 Å². The molecule has 1 aromatic carbocycles. The molecule has 1 heterocycles. The van der Waals surface area contributed by atoms with Crippen LogP contribution in [0.1, 0.15) is 43.4 Å². The second-order valence-electron chi connectivity index (χ2n) is 5.57. The zero-order valence-electron chi connectivity index (χ0n) is 12.7. The summed E-state index contributed by atoms with van der Waals surface area (Å²) in [5, 5.41) is 0. The number of hydrogen-bond donors (Lipinski definition) is 0. The topological polar surface area (TPSA) is 3.88 Å². The van der Waals surface area contributed by atoms with Crippen molar-refractivity contribution in [3.05, 3.63) is 53.2 Å². The molecule has 0 saturated carbocycles. The summed E-state index contributed by atoms with van der Waals surface area (Å²) in [6, 6.07) is 11.0. The first-order valence-electron chi connectivity index (χ1n) is 7.13.